The van der Waals surface area contributed by atoms with E-state index >= 15 is 0 Å². The van der Waals surface area contributed by atoms with Crippen LogP contribution < -0.4 is 0 Å². The van der Waals surface area contributed by atoms with Crippen molar-refractivity contribution in [3.63, 3.8) is 0 Å². The maximum absolute atomic E-state index is 12.4. The minimum atomic E-state index is -0.882. The van der Waals surface area contributed by atoms with Crippen LogP contribution in [0.1, 0.15) is 46.5 Å². The second-order valence-electron chi connectivity index (χ2n) is 5.54. The van der Waals surface area contributed by atoms with Gasteiger partial charge in [0.1, 0.15) is 0 Å². The third-order valence-corrected chi connectivity index (χ3v) is 3.83. The Morgan fingerprint density at radius 2 is 2.00 bits per heavy atom. The third kappa shape index (κ3) is 4.82. The molecule has 0 bridgehead atoms. The van der Waals surface area contributed by atoms with Crippen molar-refractivity contribution in [2.24, 2.45) is 0 Å². The zero-order chi connectivity index (χ0) is 14.4. The van der Waals surface area contributed by atoms with Crippen LogP contribution in [0.2, 0.25) is 0 Å². The van der Waals surface area contributed by atoms with E-state index in [0.717, 1.165) is 25.8 Å². The second-order valence-corrected chi connectivity index (χ2v) is 5.54. The van der Waals surface area contributed by atoms with E-state index in [2.05, 4.69) is 6.92 Å². The van der Waals surface area contributed by atoms with Crippen LogP contribution in [-0.4, -0.2) is 58.5 Å². The number of rotatable bonds is 6. The molecule has 1 N–H and O–H groups in total. The molecule has 0 aromatic rings. The summed E-state index contributed by atoms with van der Waals surface area (Å²) < 4.78 is 0. The summed E-state index contributed by atoms with van der Waals surface area (Å²) in [5.41, 5.74) is 0. The van der Waals surface area contributed by atoms with Gasteiger partial charge < -0.3 is 10.0 Å². The van der Waals surface area contributed by atoms with E-state index in [1.54, 1.807) is 4.90 Å². The lowest BCUT2D eigenvalue weighted by atomic mass is 10.00. The lowest BCUT2D eigenvalue weighted by Gasteiger charge is -2.37. The summed E-state index contributed by atoms with van der Waals surface area (Å²) in [7, 11) is 0. The van der Waals surface area contributed by atoms with Crippen molar-refractivity contribution >= 4 is 11.9 Å². The number of carboxylic acid groups (broad SMARTS) is 1. The fourth-order valence-electron chi connectivity index (χ4n) is 2.61. The molecule has 110 valence electrons. The molecule has 5 heteroatoms. The van der Waals surface area contributed by atoms with Crippen LogP contribution in [0, 0.1) is 0 Å². The molecule has 0 aromatic heterocycles. The molecular formula is C14H26N2O3. The predicted octanol–water partition coefficient (Wildman–Crippen LogP) is 1.57. The van der Waals surface area contributed by atoms with Gasteiger partial charge in [-0.2, -0.15) is 0 Å². The Kier molecular flexibility index (Phi) is 6.28. The van der Waals surface area contributed by atoms with Crippen molar-refractivity contribution in [2.45, 2.75) is 58.5 Å². The first kappa shape index (κ1) is 16.0. The lowest BCUT2D eigenvalue weighted by molar-refractivity contribution is -0.141. The molecule has 1 heterocycles. The molecule has 1 rings (SSSR count). The number of carbonyl (C=O) groups excluding carboxylic acids is 1. The van der Waals surface area contributed by atoms with Crippen molar-refractivity contribution in [3.8, 4) is 0 Å². The van der Waals surface area contributed by atoms with E-state index in [-0.39, 0.29) is 25.0 Å². The smallest absolute Gasteiger partial charge is 0.317 e. The predicted molar refractivity (Wildman–Crippen MR) is 74.0 cm³/mol. The quantitative estimate of drug-likeness (QED) is 0.796. The normalized spacial score (nSPS) is 20.1. The monoisotopic (exact) mass is 270 g/mol. The Bertz CT molecular complexity index is 318. The average Bonchev–Trinajstić information content (AvgIpc) is 2.37. The first-order valence-electron chi connectivity index (χ1n) is 7.21. The number of carbonyl (C=O) groups is 2. The third-order valence-electron chi connectivity index (χ3n) is 3.83. The molecule has 19 heavy (non-hydrogen) atoms. The topological polar surface area (TPSA) is 60.9 Å². The summed E-state index contributed by atoms with van der Waals surface area (Å²) in [5.74, 6) is -0.811. The maximum atomic E-state index is 12.4. The molecule has 0 aromatic carbocycles. The van der Waals surface area contributed by atoms with Gasteiger partial charge in [-0.3, -0.25) is 14.5 Å². The van der Waals surface area contributed by atoms with Gasteiger partial charge in [0.15, 0.2) is 0 Å². The van der Waals surface area contributed by atoms with E-state index < -0.39 is 5.97 Å². The van der Waals surface area contributed by atoms with Gasteiger partial charge in [-0.1, -0.05) is 6.92 Å². The van der Waals surface area contributed by atoms with Crippen LogP contribution >= 0.6 is 0 Å². The highest BCUT2D eigenvalue weighted by atomic mass is 16.4. The number of piperidine rings is 1. The molecule has 5 nitrogen and oxygen atoms in total. The molecule has 1 aliphatic heterocycles. The van der Waals surface area contributed by atoms with Gasteiger partial charge in [0, 0.05) is 18.6 Å². The van der Waals surface area contributed by atoms with Crippen LogP contribution in [-0.2, 0) is 9.59 Å². The fraction of sp³-hybridized carbons (Fsp3) is 0.857. The van der Waals surface area contributed by atoms with Crippen LogP contribution in [0.3, 0.4) is 0 Å². The first-order chi connectivity index (χ1) is 8.95. The summed E-state index contributed by atoms with van der Waals surface area (Å²) in [6, 6.07) is 0.394. The van der Waals surface area contributed by atoms with E-state index in [9.17, 15) is 9.59 Å². The highest BCUT2D eigenvalue weighted by Crippen LogP contribution is 2.19. The molecule has 0 radical (unpaired) electrons. The number of carboxylic acids is 1. The average molecular weight is 270 g/mol. The Balaban J connectivity index is 2.61. The van der Waals surface area contributed by atoms with Crippen LogP contribution in [0.4, 0.5) is 0 Å². The van der Waals surface area contributed by atoms with Gasteiger partial charge in [-0.15, -0.1) is 0 Å². The van der Waals surface area contributed by atoms with Gasteiger partial charge in [-0.05, 0) is 39.5 Å². The maximum Gasteiger partial charge on any atom is 0.317 e. The molecule has 1 fully saturated rings. The zero-order valence-electron chi connectivity index (χ0n) is 12.3. The van der Waals surface area contributed by atoms with Gasteiger partial charge in [0.2, 0.25) is 5.91 Å². The fourth-order valence-corrected chi connectivity index (χ4v) is 2.61. The van der Waals surface area contributed by atoms with Crippen molar-refractivity contribution in [2.75, 3.05) is 19.6 Å². The van der Waals surface area contributed by atoms with Crippen LogP contribution in [0.25, 0.3) is 0 Å². The number of hydrogen-bond donors (Lipinski definition) is 1. The molecule has 0 saturated carbocycles. The molecule has 0 aliphatic carbocycles. The number of amides is 1. The Morgan fingerprint density at radius 1 is 1.32 bits per heavy atom. The lowest BCUT2D eigenvalue weighted by Crippen LogP contribution is -2.49. The summed E-state index contributed by atoms with van der Waals surface area (Å²) >= 11 is 0. The molecule has 1 unspecified atom stereocenters. The minimum absolute atomic E-state index is 0.0601. The van der Waals surface area contributed by atoms with Gasteiger partial charge >= 0.3 is 5.97 Å². The number of aliphatic carboxylic acids is 1. The van der Waals surface area contributed by atoms with Gasteiger partial charge in [-0.25, -0.2) is 0 Å². The molecule has 0 spiro atoms. The van der Waals surface area contributed by atoms with E-state index in [0.29, 0.717) is 6.04 Å². The Labute approximate surface area is 115 Å². The summed E-state index contributed by atoms with van der Waals surface area (Å²) in [5, 5.41) is 8.89. The highest BCUT2D eigenvalue weighted by molar-refractivity contribution is 5.79. The zero-order valence-corrected chi connectivity index (χ0v) is 12.3. The Morgan fingerprint density at radius 3 is 2.53 bits per heavy atom. The van der Waals surface area contributed by atoms with Crippen molar-refractivity contribution in [1.82, 2.24) is 9.80 Å². The number of nitrogens with zero attached hydrogens (tertiary/aromatic N) is 2. The van der Waals surface area contributed by atoms with Gasteiger partial charge in [0.05, 0.1) is 13.1 Å². The minimum Gasteiger partial charge on any atom is -0.480 e. The van der Waals surface area contributed by atoms with Crippen LogP contribution in [0.5, 0.6) is 0 Å². The Hall–Kier alpha value is -1.10. The first-order valence-corrected chi connectivity index (χ1v) is 7.21. The highest BCUT2D eigenvalue weighted by Gasteiger charge is 2.27. The second kappa shape index (κ2) is 7.48. The molecule has 1 amide bonds. The van der Waals surface area contributed by atoms with Gasteiger partial charge in [0.25, 0.3) is 0 Å². The molecule has 1 atom stereocenters. The molecular weight excluding hydrogens is 244 g/mol. The number of hydrogen-bond acceptors (Lipinski definition) is 3. The standard InChI is InChI=1S/C14H26N2O3/c1-4-12-7-5-6-8-16(12)13(17)9-15(11(2)3)10-14(18)19/h11-12H,4-10H2,1-3H3,(H,18,19). The van der Waals surface area contributed by atoms with E-state index in [4.69, 9.17) is 5.11 Å². The van der Waals surface area contributed by atoms with Crippen LogP contribution in [0.15, 0.2) is 0 Å². The summed E-state index contributed by atoms with van der Waals surface area (Å²) in [6.07, 6.45) is 4.29. The molecule has 1 saturated heterocycles. The summed E-state index contributed by atoms with van der Waals surface area (Å²) in [4.78, 5) is 26.8. The largest absolute Gasteiger partial charge is 0.480 e. The summed E-state index contributed by atoms with van der Waals surface area (Å²) in [6.45, 7) is 6.89. The van der Waals surface area contributed by atoms with Crippen molar-refractivity contribution in [1.29, 1.82) is 0 Å². The van der Waals surface area contributed by atoms with Crippen molar-refractivity contribution < 1.29 is 14.7 Å². The van der Waals surface area contributed by atoms with Crippen molar-refractivity contribution in [3.05, 3.63) is 0 Å². The molecule has 1 aliphatic rings. The van der Waals surface area contributed by atoms with E-state index in [1.807, 2.05) is 18.7 Å². The van der Waals surface area contributed by atoms with E-state index in [1.165, 1.54) is 6.42 Å². The SMILES string of the molecule is CCC1CCCCN1C(=O)CN(CC(=O)O)C(C)C. The number of likely N-dealkylation sites (tertiary alicyclic amines) is 1.